The molecule has 0 aliphatic rings. The van der Waals surface area contributed by atoms with Crippen molar-refractivity contribution >= 4 is 5.91 Å². The molecule has 0 aromatic heterocycles. The number of amides is 1. The van der Waals surface area contributed by atoms with Gasteiger partial charge in [0.2, 0.25) is 5.91 Å². The van der Waals surface area contributed by atoms with Gasteiger partial charge in [0.05, 0.1) is 0 Å². The second kappa shape index (κ2) is 7.17. The lowest BCUT2D eigenvalue weighted by Crippen LogP contribution is -2.32. The maximum atomic E-state index is 12.1. The number of carbonyl (C=O) groups excluding carboxylic acids is 1. The summed E-state index contributed by atoms with van der Waals surface area (Å²) in [5.41, 5.74) is 8.24. The monoisotopic (exact) mass is 248 g/mol. The van der Waals surface area contributed by atoms with E-state index in [1.54, 1.807) is 0 Å². The number of nitrogens with zero attached hydrogens (tertiary/aromatic N) is 1. The van der Waals surface area contributed by atoms with E-state index < -0.39 is 0 Å². The first kappa shape index (κ1) is 14.7. The molecule has 0 heterocycles. The molecule has 0 saturated heterocycles. The molecule has 100 valence electrons. The smallest absolute Gasteiger partial charge is 0.223 e. The first-order chi connectivity index (χ1) is 8.63. The lowest BCUT2D eigenvalue weighted by molar-refractivity contribution is -0.131. The van der Waals surface area contributed by atoms with Crippen molar-refractivity contribution in [1.82, 2.24) is 4.90 Å². The van der Waals surface area contributed by atoms with Gasteiger partial charge in [-0.15, -0.1) is 0 Å². The Morgan fingerprint density at radius 2 is 1.89 bits per heavy atom. The first-order valence-corrected chi connectivity index (χ1v) is 6.67. The summed E-state index contributed by atoms with van der Waals surface area (Å²) >= 11 is 0. The summed E-state index contributed by atoms with van der Waals surface area (Å²) in [6, 6.07) is 8.16. The van der Waals surface area contributed by atoms with Gasteiger partial charge in [0.15, 0.2) is 0 Å². The molecule has 18 heavy (non-hydrogen) atoms. The summed E-state index contributed by atoms with van der Waals surface area (Å²) in [4.78, 5) is 14.0. The highest BCUT2D eigenvalue weighted by molar-refractivity contribution is 5.77. The van der Waals surface area contributed by atoms with E-state index in [4.69, 9.17) is 5.73 Å². The molecule has 1 aromatic carbocycles. The predicted molar refractivity (Wildman–Crippen MR) is 75.5 cm³/mol. The molecule has 2 N–H and O–H groups in total. The van der Waals surface area contributed by atoms with E-state index in [9.17, 15) is 4.79 Å². The Kier molecular flexibility index (Phi) is 5.86. The quantitative estimate of drug-likeness (QED) is 0.839. The van der Waals surface area contributed by atoms with Crippen molar-refractivity contribution in [2.75, 3.05) is 19.6 Å². The number of benzene rings is 1. The van der Waals surface area contributed by atoms with Gasteiger partial charge in [0.25, 0.3) is 0 Å². The lowest BCUT2D eigenvalue weighted by Gasteiger charge is -2.23. The fourth-order valence-electron chi connectivity index (χ4n) is 2.28. The van der Waals surface area contributed by atoms with Crippen LogP contribution >= 0.6 is 0 Å². The summed E-state index contributed by atoms with van der Waals surface area (Å²) in [5.74, 6) is 0.318. The Labute approximate surface area is 110 Å². The van der Waals surface area contributed by atoms with Crippen molar-refractivity contribution in [3.05, 3.63) is 35.4 Å². The van der Waals surface area contributed by atoms with Gasteiger partial charge in [-0.3, -0.25) is 4.79 Å². The molecule has 3 heteroatoms. The third-order valence-corrected chi connectivity index (χ3v) is 3.45. The van der Waals surface area contributed by atoms with E-state index in [-0.39, 0.29) is 11.8 Å². The van der Waals surface area contributed by atoms with Gasteiger partial charge in [-0.25, -0.2) is 0 Å². The zero-order valence-electron chi connectivity index (χ0n) is 11.6. The molecule has 0 fully saturated rings. The van der Waals surface area contributed by atoms with E-state index in [1.807, 2.05) is 30.9 Å². The van der Waals surface area contributed by atoms with Crippen molar-refractivity contribution in [3.8, 4) is 0 Å². The molecular weight excluding hydrogens is 224 g/mol. The third-order valence-electron chi connectivity index (χ3n) is 3.45. The second-order valence-electron chi connectivity index (χ2n) is 4.56. The molecule has 0 bridgehead atoms. The summed E-state index contributed by atoms with van der Waals surface area (Å²) < 4.78 is 0. The molecule has 0 radical (unpaired) electrons. The number of hydrogen-bond acceptors (Lipinski definition) is 2. The highest BCUT2D eigenvalue weighted by Crippen LogP contribution is 2.22. The van der Waals surface area contributed by atoms with Crippen molar-refractivity contribution in [3.63, 3.8) is 0 Å². The zero-order chi connectivity index (χ0) is 13.5. The van der Waals surface area contributed by atoms with Crippen molar-refractivity contribution in [2.45, 2.75) is 33.1 Å². The SMILES string of the molecule is CCN(CC)C(=O)CC(CN)c1ccccc1C. The molecule has 0 aliphatic heterocycles. The van der Waals surface area contributed by atoms with E-state index in [0.29, 0.717) is 13.0 Å². The first-order valence-electron chi connectivity index (χ1n) is 6.67. The minimum Gasteiger partial charge on any atom is -0.343 e. The Morgan fingerprint density at radius 1 is 1.28 bits per heavy atom. The molecular formula is C15H24N2O. The summed E-state index contributed by atoms with van der Waals surface area (Å²) in [6.07, 6.45) is 0.503. The van der Waals surface area contributed by atoms with Crippen molar-refractivity contribution < 1.29 is 4.79 Å². The molecule has 0 spiro atoms. The van der Waals surface area contributed by atoms with E-state index in [0.717, 1.165) is 13.1 Å². The third kappa shape index (κ3) is 3.57. The Hall–Kier alpha value is -1.35. The summed E-state index contributed by atoms with van der Waals surface area (Å²) in [7, 11) is 0. The second-order valence-corrected chi connectivity index (χ2v) is 4.56. The number of nitrogens with two attached hydrogens (primary N) is 1. The van der Waals surface area contributed by atoms with E-state index in [2.05, 4.69) is 19.1 Å². The fourth-order valence-corrected chi connectivity index (χ4v) is 2.28. The normalized spacial score (nSPS) is 12.2. The maximum Gasteiger partial charge on any atom is 0.223 e. The van der Waals surface area contributed by atoms with Crippen molar-refractivity contribution in [1.29, 1.82) is 0 Å². The minimum atomic E-state index is 0.124. The maximum absolute atomic E-state index is 12.1. The van der Waals surface area contributed by atoms with Gasteiger partial charge in [-0.05, 0) is 38.4 Å². The molecule has 0 saturated carbocycles. The molecule has 1 rings (SSSR count). The van der Waals surface area contributed by atoms with Crippen LogP contribution < -0.4 is 5.73 Å². The molecule has 3 nitrogen and oxygen atoms in total. The average Bonchev–Trinajstić information content (AvgIpc) is 2.38. The van der Waals surface area contributed by atoms with Gasteiger partial charge in [0.1, 0.15) is 0 Å². The molecule has 1 aromatic rings. The van der Waals surface area contributed by atoms with Gasteiger partial charge < -0.3 is 10.6 Å². The number of carbonyl (C=O) groups is 1. The summed E-state index contributed by atoms with van der Waals surface area (Å²) in [5, 5.41) is 0. The number of hydrogen-bond donors (Lipinski definition) is 1. The zero-order valence-corrected chi connectivity index (χ0v) is 11.6. The van der Waals surface area contributed by atoms with Crippen LogP contribution in [0.2, 0.25) is 0 Å². The standard InChI is InChI=1S/C15H24N2O/c1-4-17(5-2)15(18)10-13(11-16)14-9-7-6-8-12(14)3/h6-9,13H,4-5,10-11,16H2,1-3H3. The van der Waals surface area contributed by atoms with Crippen LogP contribution in [0.15, 0.2) is 24.3 Å². The van der Waals surface area contributed by atoms with Crippen LogP contribution in [0.1, 0.15) is 37.3 Å². The topological polar surface area (TPSA) is 46.3 Å². The van der Waals surface area contributed by atoms with Gasteiger partial charge in [0, 0.05) is 25.4 Å². The number of rotatable bonds is 6. The Balaban J connectivity index is 2.80. The van der Waals surface area contributed by atoms with Crippen LogP contribution in [0.5, 0.6) is 0 Å². The van der Waals surface area contributed by atoms with Crippen LogP contribution in [-0.2, 0) is 4.79 Å². The van der Waals surface area contributed by atoms with Crippen LogP contribution in [0.3, 0.4) is 0 Å². The van der Waals surface area contributed by atoms with Crippen molar-refractivity contribution in [2.24, 2.45) is 5.73 Å². The highest BCUT2D eigenvalue weighted by Gasteiger charge is 2.18. The molecule has 1 atom stereocenters. The van der Waals surface area contributed by atoms with Gasteiger partial charge in [-0.1, -0.05) is 24.3 Å². The average molecular weight is 248 g/mol. The summed E-state index contributed by atoms with van der Waals surface area (Å²) in [6.45, 7) is 8.12. The van der Waals surface area contributed by atoms with Crippen LogP contribution in [0, 0.1) is 6.92 Å². The Bertz CT molecular complexity index is 386. The van der Waals surface area contributed by atoms with Gasteiger partial charge in [-0.2, -0.15) is 0 Å². The van der Waals surface area contributed by atoms with E-state index >= 15 is 0 Å². The largest absolute Gasteiger partial charge is 0.343 e. The fraction of sp³-hybridized carbons (Fsp3) is 0.533. The van der Waals surface area contributed by atoms with Crippen LogP contribution in [-0.4, -0.2) is 30.4 Å². The van der Waals surface area contributed by atoms with Crippen LogP contribution in [0.4, 0.5) is 0 Å². The van der Waals surface area contributed by atoms with Crippen LogP contribution in [0.25, 0.3) is 0 Å². The molecule has 0 aliphatic carbocycles. The lowest BCUT2D eigenvalue weighted by atomic mass is 9.91. The number of aryl methyl sites for hydroxylation is 1. The van der Waals surface area contributed by atoms with E-state index in [1.165, 1.54) is 11.1 Å². The molecule has 1 amide bonds. The predicted octanol–water partition coefficient (Wildman–Crippen LogP) is 2.30. The molecule has 1 unspecified atom stereocenters. The Morgan fingerprint density at radius 3 is 2.39 bits per heavy atom. The minimum absolute atomic E-state index is 0.124. The van der Waals surface area contributed by atoms with Gasteiger partial charge >= 0.3 is 0 Å². The highest BCUT2D eigenvalue weighted by atomic mass is 16.2.